The summed E-state index contributed by atoms with van der Waals surface area (Å²) in [6.45, 7) is 4.42. The van der Waals surface area contributed by atoms with E-state index < -0.39 is 0 Å². The minimum atomic E-state index is 0.741. The zero-order chi connectivity index (χ0) is 9.26. The highest BCUT2D eigenvalue weighted by molar-refractivity contribution is 9.10. The van der Waals surface area contributed by atoms with Crippen molar-refractivity contribution in [1.82, 2.24) is 14.5 Å². The number of imidazole rings is 1. The lowest BCUT2D eigenvalue weighted by molar-refractivity contribution is 0.839. The third-order valence-corrected chi connectivity index (χ3v) is 2.18. The highest BCUT2D eigenvalue weighted by Gasteiger charge is 2.02. The Balaban J connectivity index is 2.61. The molecule has 0 unspecified atom stereocenters. The van der Waals surface area contributed by atoms with Crippen LogP contribution < -0.4 is 0 Å². The second-order valence-corrected chi connectivity index (χ2v) is 3.60. The molecule has 66 valence electrons. The molecule has 0 saturated heterocycles. The molecule has 3 nitrogen and oxygen atoms in total. The van der Waals surface area contributed by atoms with Crippen LogP contribution in [-0.2, 0) is 6.54 Å². The van der Waals surface area contributed by atoms with Crippen molar-refractivity contribution in [1.29, 1.82) is 0 Å². The van der Waals surface area contributed by atoms with Crippen molar-refractivity contribution < 1.29 is 0 Å². The third-order valence-electron chi connectivity index (χ3n) is 1.75. The van der Waals surface area contributed by atoms with Gasteiger partial charge in [-0.1, -0.05) is 6.08 Å². The Morgan fingerprint density at radius 3 is 3.15 bits per heavy atom. The van der Waals surface area contributed by atoms with E-state index in [2.05, 4.69) is 32.5 Å². The van der Waals surface area contributed by atoms with Gasteiger partial charge < -0.3 is 4.57 Å². The number of allylic oxidation sites excluding steroid dienone is 1. The maximum atomic E-state index is 4.27. The Hall–Kier alpha value is -1.16. The highest BCUT2D eigenvalue weighted by atomic mass is 79.9. The van der Waals surface area contributed by atoms with Crippen LogP contribution in [0.25, 0.3) is 11.2 Å². The van der Waals surface area contributed by atoms with Gasteiger partial charge in [-0.25, -0.2) is 9.97 Å². The molecule has 13 heavy (non-hydrogen) atoms. The van der Waals surface area contributed by atoms with Crippen LogP contribution in [0.4, 0.5) is 0 Å². The van der Waals surface area contributed by atoms with Crippen molar-refractivity contribution in [3.8, 4) is 0 Å². The summed E-state index contributed by atoms with van der Waals surface area (Å²) in [6.07, 6.45) is 5.36. The molecule has 0 N–H and O–H groups in total. The summed E-state index contributed by atoms with van der Waals surface area (Å²) in [7, 11) is 0. The zero-order valence-corrected chi connectivity index (χ0v) is 8.53. The van der Waals surface area contributed by atoms with Crippen LogP contribution in [0.2, 0.25) is 0 Å². The van der Waals surface area contributed by atoms with Crippen molar-refractivity contribution in [2.75, 3.05) is 0 Å². The molecule has 0 fully saturated rings. The van der Waals surface area contributed by atoms with Gasteiger partial charge in [-0.05, 0) is 22.0 Å². The van der Waals surface area contributed by atoms with Crippen LogP contribution in [-0.4, -0.2) is 14.5 Å². The van der Waals surface area contributed by atoms with Crippen LogP contribution in [0, 0.1) is 0 Å². The van der Waals surface area contributed by atoms with Gasteiger partial charge in [-0.3, -0.25) is 0 Å². The van der Waals surface area contributed by atoms with E-state index in [-0.39, 0.29) is 0 Å². The molecule has 0 atom stereocenters. The molecule has 0 saturated carbocycles. The minimum Gasteiger partial charge on any atom is -0.311 e. The summed E-state index contributed by atoms with van der Waals surface area (Å²) in [5, 5.41) is 0. The lowest BCUT2D eigenvalue weighted by Gasteiger charge is -1.97. The van der Waals surface area contributed by atoms with Crippen LogP contribution in [0.1, 0.15) is 0 Å². The molecule has 0 amide bonds. The lowest BCUT2D eigenvalue weighted by atomic mass is 10.4. The molecule has 0 spiro atoms. The summed E-state index contributed by atoms with van der Waals surface area (Å²) in [5.41, 5.74) is 1.79. The third kappa shape index (κ3) is 1.49. The molecule has 4 heteroatoms. The fourth-order valence-corrected chi connectivity index (χ4v) is 1.52. The monoisotopic (exact) mass is 237 g/mol. The van der Waals surface area contributed by atoms with Gasteiger partial charge in [0.2, 0.25) is 0 Å². The number of hydrogen-bond acceptors (Lipinski definition) is 2. The van der Waals surface area contributed by atoms with Gasteiger partial charge in [0, 0.05) is 17.2 Å². The number of halogens is 1. The van der Waals surface area contributed by atoms with E-state index in [4.69, 9.17) is 0 Å². The first-order valence-electron chi connectivity index (χ1n) is 3.88. The van der Waals surface area contributed by atoms with E-state index in [0.717, 1.165) is 22.2 Å². The molecule has 0 aliphatic carbocycles. The maximum absolute atomic E-state index is 4.27. The standard InChI is InChI=1S/C9H8BrN3/c1-2-3-13-6-12-8-4-7(10)5-11-9(8)13/h2,4-6H,1,3H2. The van der Waals surface area contributed by atoms with Gasteiger partial charge in [0.15, 0.2) is 5.65 Å². The van der Waals surface area contributed by atoms with Gasteiger partial charge in [0.05, 0.1) is 6.33 Å². The van der Waals surface area contributed by atoms with E-state index in [1.165, 1.54) is 0 Å². The molecule has 0 bridgehead atoms. The van der Waals surface area contributed by atoms with Gasteiger partial charge >= 0.3 is 0 Å². The largest absolute Gasteiger partial charge is 0.311 e. The van der Waals surface area contributed by atoms with Gasteiger partial charge in [0.25, 0.3) is 0 Å². The van der Waals surface area contributed by atoms with Gasteiger partial charge in [-0.2, -0.15) is 0 Å². The summed E-state index contributed by atoms with van der Waals surface area (Å²) in [5.74, 6) is 0. The summed E-state index contributed by atoms with van der Waals surface area (Å²) >= 11 is 3.35. The van der Waals surface area contributed by atoms with Crippen LogP contribution in [0.3, 0.4) is 0 Å². The van der Waals surface area contributed by atoms with Crippen LogP contribution in [0.5, 0.6) is 0 Å². The minimum absolute atomic E-state index is 0.741. The Bertz CT molecular complexity index is 447. The molecule has 2 aromatic rings. The van der Waals surface area contributed by atoms with E-state index in [0.29, 0.717) is 0 Å². The highest BCUT2D eigenvalue weighted by Crippen LogP contribution is 2.15. The predicted octanol–water partition coefficient (Wildman–Crippen LogP) is 2.38. The summed E-state index contributed by atoms with van der Waals surface area (Å²) < 4.78 is 2.90. The zero-order valence-electron chi connectivity index (χ0n) is 6.94. The van der Waals surface area contributed by atoms with Gasteiger partial charge in [0.1, 0.15) is 5.52 Å². The van der Waals surface area contributed by atoms with Crippen molar-refractivity contribution >= 4 is 27.1 Å². The SMILES string of the molecule is C=CCn1cnc2cc(Br)cnc21. The van der Waals surface area contributed by atoms with Gasteiger partial charge in [-0.15, -0.1) is 6.58 Å². The van der Waals surface area contributed by atoms with E-state index in [9.17, 15) is 0 Å². The molecular formula is C9H8BrN3. The summed E-state index contributed by atoms with van der Waals surface area (Å²) in [6, 6.07) is 1.95. The number of aromatic nitrogens is 3. The van der Waals surface area contributed by atoms with Crippen LogP contribution >= 0.6 is 15.9 Å². The number of hydrogen-bond donors (Lipinski definition) is 0. The molecule has 2 rings (SSSR count). The first-order chi connectivity index (χ1) is 6.31. The first kappa shape index (κ1) is 8.44. The average Bonchev–Trinajstić information content (AvgIpc) is 2.49. The number of fused-ring (bicyclic) bond motifs is 1. The van der Waals surface area contributed by atoms with E-state index in [1.54, 1.807) is 12.5 Å². The second-order valence-electron chi connectivity index (χ2n) is 2.68. The Morgan fingerprint density at radius 2 is 2.38 bits per heavy atom. The Morgan fingerprint density at radius 1 is 1.54 bits per heavy atom. The topological polar surface area (TPSA) is 30.7 Å². The fraction of sp³-hybridized carbons (Fsp3) is 0.111. The molecule has 0 aromatic carbocycles. The van der Waals surface area contributed by atoms with E-state index in [1.807, 2.05) is 16.7 Å². The van der Waals surface area contributed by atoms with Crippen LogP contribution in [0.15, 0.2) is 35.7 Å². The smallest absolute Gasteiger partial charge is 0.160 e. The number of pyridine rings is 1. The number of nitrogens with zero attached hydrogens (tertiary/aromatic N) is 3. The van der Waals surface area contributed by atoms with Crippen molar-refractivity contribution in [2.24, 2.45) is 0 Å². The second kappa shape index (κ2) is 3.30. The summed E-state index contributed by atoms with van der Waals surface area (Å²) in [4.78, 5) is 8.49. The predicted molar refractivity (Wildman–Crippen MR) is 55.4 cm³/mol. The normalized spacial score (nSPS) is 10.5. The quantitative estimate of drug-likeness (QED) is 0.752. The van der Waals surface area contributed by atoms with E-state index >= 15 is 0 Å². The average molecular weight is 238 g/mol. The maximum Gasteiger partial charge on any atom is 0.160 e. The molecule has 0 aliphatic rings. The molecule has 0 aliphatic heterocycles. The first-order valence-corrected chi connectivity index (χ1v) is 4.68. The Labute approximate surface area is 84.2 Å². The lowest BCUT2D eigenvalue weighted by Crippen LogP contribution is -1.93. The molecule has 2 heterocycles. The number of rotatable bonds is 2. The Kier molecular flexibility index (Phi) is 2.14. The molecule has 2 aromatic heterocycles. The van der Waals surface area contributed by atoms with Crippen molar-refractivity contribution in [3.63, 3.8) is 0 Å². The van der Waals surface area contributed by atoms with Crippen molar-refractivity contribution in [2.45, 2.75) is 6.54 Å². The fourth-order valence-electron chi connectivity index (χ4n) is 1.20. The molecular weight excluding hydrogens is 230 g/mol. The molecule has 0 radical (unpaired) electrons. The van der Waals surface area contributed by atoms with Crippen molar-refractivity contribution in [3.05, 3.63) is 35.7 Å².